The molecule has 0 bridgehead atoms. The van der Waals surface area contributed by atoms with Gasteiger partial charge in [-0.1, -0.05) is 0 Å². The quantitative estimate of drug-likeness (QED) is 0.0598. The summed E-state index contributed by atoms with van der Waals surface area (Å²) < 4.78 is 25.2. The van der Waals surface area contributed by atoms with Gasteiger partial charge in [0.15, 0.2) is 0 Å². The highest BCUT2D eigenvalue weighted by molar-refractivity contribution is 6.01. The fourth-order valence-electron chi connectivity index (χ4n) is 2.78. The second-order valence-electron chi connectivity index (χ2n) is 8.29. The Morgan fingerprint density at radius 2 is 1.12 bits per heavy atom. The van der Waals surface area contributed by atoms with Gasteiger partial charge in [-0.25, -0.2) is 9.68 Å². The maximum atomic E-state index is 11.5. The molecule has 0 unspecified atom stereocenters. The summed E-state index contributed by atoms with van der Waals surface area (Å²) in [6.07, 6.45) is 1.90. The van der Waals surface area contributed by atoms with Gasteiger partial charge in [0.25, 0.3) is 23.6 Å². The molecule has 228 valence electrons. The summed E-state index contributed by atoms with van der Waals surface area (Å²) in [6.45, 7) is 3.85. The first-order chi connectivity index (χ1) is 19.3. The van der Waals surface area contributed by atoms with E-state index in [0.717, 1.165) is 6.42 Å². The van der Waals surface area contributed by atoms with E-state index in [2.05, 4.69) is 9.83 Å². The van der Waals surface area contributed by atoms with Crippen LogP contribution < -0.4 is 0 Å². The van der Waals surface area contributed by atoms with Crippen molar-refractivity contribution in [1.29, 1.82) is 0 Å². The first kappa shape index (κ1) is 35.2. The first-order valence-corrected chi connectivity index (χ1v) is 12.8. The molecule has 0 N–H and O–H groups in total. The number of amides is 4. The number of Topliss-reactive ketones (excluding diaryl/α,β-unsaturated/α-hetero) is 1. The molecule has 0 radical (unpaired) electrons. The van der Waals surface area contributed by atoms with Crippen LogP contribution >= 0.6 is 0 Å². The van der Waals surface area contributed by atoms with Crippen molar-refractivity contribution in [3.05, 3.63) is 0 Å². The summed E-state index contributed by atoms with van der Waals surface area (Å²) in [7, 11) is 1.66. The van der Waals surface area contributed by atoms with Crippen molar-refractivity contribution in [3.63, 3.8) is 0 Å². The van der Waals surface area contributed by atoms with Crippen LogP contribution in [0.15, 0.2) is 0 Å². The van der Waals surface area contributed by atoms with Crippen molar-refractivity contribution in [2.24, 2.45) is 0 Å². The molecule has 2 rings (SSSR count). The molecule has 2 fully saturated rings. The van der Waals surface area contributed by atoms with E-state index in [1.807, 2.05) is 0 Å². The molecule has 2 aliphatic heterocycles. The Bertz CT molecular complexity index is 789. The molecule has 0 aromatic rings. The number of ether oxygens (including phenoxy) is 5. The Balaban J connectivity index is 0.000000520. The van der Waals surface area contributed by atoms with Crippen molar-refractivity contribution in [2.45, 2.75) is 58.3 Å². The minimum atomic E-state index is -0.754. The molecule has 0 aromatic heterocycles. The van der Waals surface area contributed by atoms with Crippen molar-refractivity contribution in [2.75, 3.05) is 60.3 Å². The topological polar surface area (TPSA) is 183 Å². The van der Waals surface area contributed by atoms with Crippen molar-refractivity contribution >= 4 is 35.4 Å². The van der Waals surface area contributed by atoms with Gasteiger partial charge < -0.3 is 28.5 Å². The Morgan fingerprint density at radius 1 is 0.650 bits per heavy atom. The van der Waals surface area contributed by atoms with Crippen LogP contribution in [0.4, 0.5) is 0 Å². The third-order valence-corrected chi connectivity index (χ3v) is 4.87. The van der Waals surface area contributed by atoms with E-state index in [-0.39, 0.29) is 71.3 Å². The van der Waals surface area contributed by atoms with E-state index < -0.39 is 29.6 Å². The monoisotopic (exact) mass is 578 g/mol. The number of ketones is 1. The van der Waals surface area contributed by atoms with Crippen LogP contribution in [0.5, 0.6) is 0 Å². The lowest BCUT2D eigenvalue weighted by Crippen LogP contribution is -2.32. The van der Waals surface area contributed by atoms with E-state index in [1.165, 1.54) is 0 Å². The van der Waals surface area contributed by atoms with E-state index in [9.17, 15) is 28.8 Å². The molecule has 2 heterocycles. The lowest BCUT2D eigenvalue weighted by atomic mass is 10.3. The van der Waals surface area contributed by atoms with Gasteiger partial charge >= 0.3 is 5.97 Å². The number of hydrogen-bond donors (Lipinski definition) is 0. The number of methoxy groups -OCH3 is 1. The van der Waals surface area contributed by atoms with Crippen LogP contribution in [-0.4, -0.2) is 106 Å². The Morgan fingerprint density at radius 3 is 1.65 bits per heavy atom. The first-order valence-electron chi connectivity index (χ1n) is 12.8. The summed E-state index contributed by atoms with van der Waals surface area (Å²) in [5, 5.41) is 1.07. The van der Waals surface area contributed by atoms with E-state index in [0.29, 0.717) is 42.8 Å². The van der Waals surface area contributed by atoms with Gasteiger partial charge in [0.2, 0.25) is 0 Å². The van der Waals surface area contributed by atoms with Crippen molar-refractivity contribution in [1.82, 2.24) is 10.1 Å². The molecule has 2 saturated heterocycles. The fraction of sp³-hybridized carbons (Fsp3) is 0.750. The highest BCUT2D eigenvalue weighted by Crippen LogP contribution is 2.13. The molecular formula is C24H38N2O14. The van der Waals surface area contributed by atoms with Crippen LogP contribution in [0, 0.1) is 0 Å². The number of rotatable bonds is 21. The predicted molar refractivity (Wildman–Crippen MR) is 130 cm³/mol. The highest BCUT2D eigenvalue weighted by atomic mass is 17.3. The zero-order valence-corrected chi connectivity index (χ0v) is 22.9. The number of imide groups is 2. The molecule has 4 amide bonds. The van der Waals surface area contributed by atoms with Crippen LogP contribution in [-0.2, 0) is 67.2 Å². The lowest BCUT2D eigenvalue weighted by Gasteiger charge is -2.12. The summed E-state index contributed by atoms with van der Waals surface area (Å²) in [4.78, 5) is 81.0. The summed E-state index contributed by atoms with van der Waals surface area (Å²) >= 11 is 0. The second-order valence-corrected chi connectivity index (χ2v) is 8.29. The SMILES string of the molecule is COCCCOCOCCC(C)=O.O=C(CCOCOCCCOON1C(=O)CCC1=O)ON1C(=O)CCC1=O. The average Bonchev–Trinajstić information content (AvgIpc) is 3.41. The van der Waals surface area contributed by atoms with Gasteiger partial charge in [-0.3, -0.25) is 24.0 Å². The third kappa shape index (κ3) is 16.3. The van der Waals surface area contributed by atoms with Crippen LogP contribution in [0.1, 0.15) is 58.3 Å². The van der Waals surface area contributed by atoms with Gasteiger partial charge in [0.1, 0.15) is 19.4 Å². The lowest BCUT2D eigenvalue weighted by molar-refractivity contribution is -0.394. The number of nitrogens with zero attached hydrogens (tertiary/aromatic N) is 2. The molecule has 0 aromatic carbocycles. The zero-order valence-electron chi connectivity index (χ0n) is 22.9. The fourth-order valence-corrected chi connectivity index (χ4v) is 2.78. The van der Waals surface area contributed by atoms with Gasteiger partial charge in [-0.15, -0.1) is 15.1 Å². The maximum absolute atomic E-state index is 11.5. The minimum Gasteiger partial charge on any atom is -0.385 e. The third-order valence-electron chi connectivity index (χ3n) is 4.87. The molecule has 0 saturated carbocycles. The Labute approximate surface area is 231 Å². The maximum Gasteiger partial charge on any atom is 0.335 e. The molecule has 0 atom stereocenters. The van der Waals surface area contributed by atoms with Gasteiger partial charge in [-0.2, -0.15) is 0 Å². The largest absolute Gasteiger partial charge is 0.385 e. The smallest absolute Gasteiger partial charge is 0.335 e. The number of hydrogen-bond acceptors (Lipinski definition) is 14. The Hall–Kier alpha value is -2.86. The number of carbonyl (C=O) groups is 6. The normalized spacial score (nSPS) is 15.1. The molecule has 0 aliphatic carbocycles. The molecule has 0 spiro atoms. The van der Waals surface area contributed by atoms with Crippen molar-refractivity contribution in [3.8, 4) is 0 Å². The van der Waals surface area contributed by atoms with Gasteiger partial charge in [0.05, 0.1) is 39.5 Å². The van der Waals surface area contributed by atoms with Gasteiger partial charge in [0, 0.05) is 45.8 Å². The molecule has 40 heavy (non-hydrogen) atoms. The van der Waals surface area contributed by atoms with Gasteiger partial charge in [-0.05, 0) is 19.8 Å². The van der Waals surface area contributed by atoms with Crippen LogP contribution in [0.2, 0.25) is 0 Å². The van der Waals surface area contributed by atoms with E-state index in [1.54, 1.807) is 14.0 Å². The molecule has 16 nitrogen and oxygen atoms in total. The molecule has 16 heteroatoms. The summed E-state index contributed by atoms with van der Waals surface area (Å²) in [5.74, 6) is -2.58. The second kappa shape index (κ2) is 21.9. The summed E-state index contributed by atoms with van der Waals surface area (Å²) in [5.41, 5.74) is 0. The predicted octanol–water partition coefficient (Wildman–Crippen LogP) is 0.369. The van der Waals surface area contributed by atoms with E-state index >= 15 is 0 Å². The summed E-state index contributed by atoms with van der Waals surface area (Å²) in [6, 6.07) is 0. The average molecular weight is 579 g/mol. The molecule has 2 aliphatic rings. The van der Waals surface area contributed by atoms with E-state index in [4.69, 9.17) is 28.6 Å². The minimum absolute atomic E-state index is 0.00610. The standard InChI is InChI=1S/C15H20N2O10.C9H18O4/c18-11-2-3-12(19)16(11)26-15(22)6-9-24-10-23-7-1-8-25-27-17-13(20)4-5-14(17)21;1-9(10)4-7-13-8-12-6-3-5-11-2/h1-10H2;3-8H2,1-2H3. The highest BCUT2D eigenvalue weighted by Gasteiger charge is 2.33. The Kier molecular flexibility index (Phi) is 19.3. The number of carbonyl (C=O) groups excluding carboxylic acids is 6. The zero-order chi connectivity index (χ0) is 29.6. The van der Waals surface area contributed by atoms with Crippen molar-refractivity contribution < 1.29 is 67.2 Å². The number of hydroxylamine groups is 4. The van der Waals surface area contributed by atoms with Crippen LogP contribution in [0.25, 0.3) is 0 Å². The van der Waals surface area contributed by atoms with Crippen LogP contribution in [0.3, 0.4) is 0 Å². The molecular weight excluding hydrogens is 540 g/mol.